The molecule has 2 heterocycles. The average Bonchev–Trinajstić information content (AvgIpc) is 3.14. The van der Waals surface area contributed by atoms with E-state index in [1.54, 1.807) is 44.2 Å². The van der Waals surface area contributed by atoms with Crippen LogP contribution in [0, 0.1) is 17.0 Å². The number of nitrogens with zero attached hydrogens (tertiary/aromatic N) is 5. The van der Waals surface area contributed by atoms with Crippen LogP contribution in [0.3, 0.4) is 0 Å². The Bertz CT molecular complexity index is 1270. The smallest absolute Gasteiger partial charge is 0.343 e. The van der Waals surface area contributed by atoms with E-state index in [1.165, 1.54) is 10.8 Å². The summed E-state index contributed by atoms with van der Waals surface area (Å²) in [5.74, 6) is -0.538. The Morgan fingerprint density at radius 3 is 2.62 bits per heavy atom. The highest BCUT2D eigenvalue weighted by atomic mass is 16.6. The Morgan fingerprint density at radius 1 is 1.22 bits per heavy atom. The highest BCUT2D eigenvalue weighted by Crippen LogP contribution is 2.34. The molecule has 0 atom stereocenters. The molecule has 0 bridgehead atoms. The number of carbonyl (C=O) groups is 2. The van der Waals surface area contributed by atoms with E-state index in [1.807, 2.05) is 0 Å². The summed E-state index contributed by atoms with van der Waals surface area (Å²) in [7, 11) is 0. The van der Waals surface area contributed by atoms with Gasteiger partial charge in [0.2, 0.25) is 0 Å². The maximum absolute atomic E-state index is 12.8. The van der Waals surface area contributed by atoms with Gasteiger partial charge in [-0.25, -0.2) is 9.55 Å². The number of aromatic nitrogens is 2. The monoisotopic (exact) mass is 436 g/mol. The third kappa shape index (κ3) is 3.48. The van der Waals surface area contributed by atoms with Gasteiger partial charge in [0, 0.05) is 28.8 Å². The van der Waals surface area contributed by atoms with E-state index < -0.39 is 16.7 Å². The Labute approximate surface area is 182 Å². The van der Waals surface area contributed by atoms with E-state index in [4.69, 9.17) is 0 Å². The first kappa shape index (κ1) is 21.1. The minimum absolute atomic E-state index is 0.0726. The predicted octanol–water partition coefficient (Wildman–Crippen LogP) is 2.33. The zero-order valence-electron chi connectivity index (χ0n) is 17.4. The number of anilines is 1. The fraction of sp³-hybridized carbons (Fsp3) is 0.238. The van der Waals surface area contributed by atoms with Crippen LogP contribution >= 0.6 is 0 Å². The fourth-order valence-electron chi connectivity index (χ4n) is 3.76. The maximum atomic E-state index is 12.8. The van der Waals surface area contributed by atoms with Gasteiger partial charge in [0.1, 0.15) is 12.7 Å². The first-order valence-electron chi connectivity index (χ1n) is 9.82. The highest BCUT2D eigenvalue weighted by Gasteiger charge is 2.32. The van der Waals surface area contributed by atoms with Crippen LogP contribution in [0.2, 0.25) is 0 Å². The van der Waals surface area contributed by atoms with Crippen LogP contribution in [0.25, 0.3) is 10.8 Å². The van der Waals surface area contributed by atoms with Crippen LogP contribution in [-0.4, -0.2) is 55.2 Å². The molecule has 11 heteroatoms. The molecule has 11 nitrogen and oxygen atoms in total. The van der Waals surface area contributed by atoms with Gasteiger partial charge in [0.25, 0.3) is 11.8 Å². The predicted molar refractivity (Wildman–Crippen MR) is 117 cm³/mol. The third-order valence-electron chi connectivity index (χ3n) is 5.29. The molecule has 0 unspecified atom stereocenters. The normalized spacial score (nSPS) is 13.7. The van der Waals surface area contributed by atoms with Gasteiger partial charge in [0.05, 0.1) is 24.6 Å². The van der Waals surface area contributed by atoms with E-state index in [9.17, 15) is 24.8 Å². The lowest BCUT2D eigenvalue weighted by Crippen LogP contribution is -2.41. The largest absolute Gasteiger partial charge is 0.395 e. The summed E-state index contributed by atoms with van der Waals surface area (Å²) in [6.45, 7) is 3.18. The van der Waals surface area contributed by atoms with Crippen molar-refractivity contribution in [2.45, 2.75) is 20.4 Å². The zero-order chi connectivity index (χ0) is 23.0. The van der Waals surface area contributed by atoms with Gasteiger partial charge in [-0.3, -0.25) is 19.9 Å². The average molecular weight is 436 g/mol. The molecule has 1 aromatic heterocycles. The van der Waals surface area contributed by atoms with Crippen molar-refractivity contribution in [1.82, 2.24) is 14.5 Å². The SMILES string of the molecule is C/C(Cn1c([N+](=O)[O-])cnc1C)=N\Nc1ccc2c3c(cccc13)C(=O)N(CCO)C2=O. The number of imidazole rings is 1. The van der Waals surface area contributed by atoms with Gasteiger partial charge in [-0.15, -0.1) is 0 Å². The lowest BCUT2D eigenvalue weighted by atomic mass is 9.93. The molecule has 164 valence electrons. The molecule has 4 rings (SSSR count). The molecule has 2 N–H and O–H groups in total. The van der Waals surface area contributed by atoms with Crippen molar-refractivity contribution in [2.24, 2.45) is 5.10 Å². The molecular formula is C21H20N6O5. The Morgan fingerprint density at radius 2 is 1.94 bits per heavy atom. The maximum Gasteiger partial charge on any atom is 0.343 e. The number of hydrogen-bond donors (Lipinski definition) is 2. The summed E-state index contributed by atoms with van der Waals surface area (Å²) in [5.41, 5.74) is 4.84. The Kier molecular flexibility index (Phi) is 5.41. The van der Waals surface area contributed by atoms with E-state index in [0.29, 0.717) is 39.1 Å². The zero-order valence-corrected chi connectivity index (χ0v) is 17.4. The minimum Gasteiger partial charge on any atom is -0.395 e. The van der Waals surface area contributed by atoms with Crippen molar-refractivity contribution in [3.63, 3.8) is 0 Å². The summed E-state index contributed by atoms with van der Waals surface area (Å²) in [4.78, 5) is 41.2. The quantitative estimate of drug-likeness (QED) is 0.250. The van der Waals surface area contributed by atoms with E-state index in [-0.39, 0.29) is 25.5 Å². The van der Waals surface area contributed by atoms with E-state index in [0.717, 1.165) is 4.90 Å². The van der Waals surface area contributed by atoms with Crippen LogP contribution in [0.5, 0.6) is 0 Å². The Hall–Kier alpha value is -4.12. The van der Waals surface area contributed by atoms with Crippen molar-refractivity contribution in [3.8, 4) is 0 Å². The van der Waals surface area contributed by atoms with Crippen molar-refractivity contribution in [2.75, 3.05) is 18.6 Å². The second kappa shape index (κ2) is 8.19. The molecule has 0 spiro atoms. The molecule has 2 amide bonds. The second-order valence-electron chi connectivity index (χ2n) is 7.34. The van der Waals surface area contributed by atoms with E-state index in [2.05, 4.69) is 15.5 Å². The number of amides is 2. The fourth-order valence-corrected chi connectivity index (χ4v) is 3.76. The minimum atomic E-state index is -0.499. The Balaban J connectivity index is 1.67. The summed E-state index contributed by atoms with van der Waals surface area (Å²) in [5, 5.41) is 25.9. The second-order valence-corrected chi connectivity index (χ2v) is 7.34. The number of aryl methyl sites for hydroxylation is 1. The summed E-state index contributed by atoms with van der Waals surface area (Å²) in [6, 6.07) is 8.44. The van der Waals surface area contributed by atoms with Gasteiger partial charge in [-0.05, 0) is 30.0 Å². The molecule has 3 aromatic rings. The van der Waals surface area contributed by atoms with Gasteiger partial charge in [-0.2, -0.15) is 5.10 Å². The number of imide groups is 1. The summed E-state index contributed by atoms with van der Waals surface area (Å²) < 4.78 is 1.45. The molecule has 0 aliphatic carbocycles. The summed E-state index contributed by atoms with van der Waals surface area (Å²) in [6.07, 6.45) is 1.20. The molecule has 0 fully saturated rings. The number of carbonyl (C=O) groups excluding carboxylic acids is 2. The molecule has 0 saturated heterocycles. The van der Waals surface area contributed by atoms with Gasteiger partial charge >= 0.3 is 5.82 Å². The number of nitro groups is 1. The van der Waals surface area contributed by atoms with E-state index >= 15 is 0 Å². The lowest BCUT2D eigenvalue weighted by molar-refractivity contribution is -0.392. The van der Waals surface area contributed by atoms with Crippen LogP contribution in [0.1, 0.15) is 33.5 Å². The van der Waals surface area contributed by atoms with Gasteiger partial charge in [0.15, 0.2) is 5.82 Å². The number of hydrogen-bond acceptors (Lipinski definition) is 8. The number of nitrogens with one attached hydrogen (secondary N) is 1. The van der Waals surface area contributed by atoms with Crippen LogP contribution in [-0.2, 0) is 6.54 Å². The number of benzene rings is 2. The molecule has 0 radical (unpaired) electrons. The standard InChI is InChI=1S/C21H20N6O5/c1-12(11-26-13(2)22-10-18(26)27(31)32)23-24-17-7-6-16-19-14(17)4-3-5-15(19)20(29)25(8-9-28)21(16)30/h3-7,10,24,28H,8-9,11H2,1-2H3/b23-12+. The molecule has 1 aliphatic rings. The number of rotatable bonds is 7. The molecule has 0 saturated carbocycles. The molecule has 2 aromatic carbocycles. The molecule has 32 heavy (non-hydrogen) atoms. The van der Waals surface area contributed by atoms with Gasteiger partial charge < -0.3 is 15.2 Å². The first-order chi connectivity index (χ1) is 15.3. The van der Waals surface area contributed by atoms with Crippen molar-refractivity contribution in [3.05, 3.63) is 63.6 Å². The van der Waals surface area contributed by atoms with Crippen molar-refractivity contribution in [1.29, 1.82) is 0 Å². The highest BCUT2D eigenvalue weighted by molar-refractivity contribution is 6.26. The van der Waals surface area contributed by atoms with Crippen molar-refractivity contribution >= 4 is 39.8 Å². The number of aliphatic hydroxyl groups is 1. The summed E-state index contributed by atoms with van der Waals surface area (Å²) >= 11 is 0. The van der Waals surface area contributed by atoms with Gasteiger partial charge in [-0.1, -0.05) is 12.1 Å². The van der Waals surface area contributed by atoms with Crippen LogP contribution in [0.4, 0.5) is 11.5 Å². The van der Waals surface area contributed by atoms with Crippen LogP contribution < -0.4 is 5.43 Å². The number of hydrazone groups is 1. The number of aliphatic hydroxyl groups excluding tert-OH is 1. The number of β-amino-alcohol motifs (C(OH)–C–C–N with tert-alkyl or cyclic N) is 1. The third-order valence-corrected chi connectivity index (χ3v) is 5.29. The first-order valence-corrected chi connectivity index (χ1v) is 9.82. The molecular weight excluding hydrogens is 416 g/mol. The van der Waals surface area contributed by atoms with Crippen molar-refractivity contribution < 1.29 is 19.6 Å². The lowest BCUT2D eigenvalue weighted by Gasteiger charge is -2.27. The molecule has 1 aliphatic heterocycles. The topological polar surface area (TPSA) is 143 Å². The van der Waals surface area contributed by atoms with Crippen LogP contribution in [0.15, 0.2) is 41.6 Å².